The lowest BCUT2D eigenvalue weighted by atomic mass is 9.92. The lowest BCUT2D eigenvalue weighted by Gasteiger charge is -2.14. The van der Waals surface area contributed by atoms with Gasteiger partial charge >= 0.3 is 0 Å². The van der Waals surface area contributed by atoms with Crippen LogP contribution in [0, 0.1) is 0 Å². The number of ether oxygens (including phenoxy) is 1. The van der Waals surface area contributed by atoms with Gasteiger partial charge in [0, 0.05) is 17.0 Å². The smallest absolute Gasteiger partial charge is 0.185 e. The van der Waals surface area contributed by atoms with Crippen molar-refractivity contribution in [3.63, 3.8) is 0 Å². The van der Waals surface area contributed by atoms with Crippen LogP contribution < -0.4 is 4.74 Å². The number of phenolic OH excluding ortho intramolecular Hbond substituents is 1. The molecular formula is C22H24O3. The molecular weight excluding hydrogens is 312 g/mol. The Labute approximate surface area is 149 Å². The summed E-state index contributed by atoms with van der Waals surface area (Å²) >= 11 is 0. The number of hydrogen-bond acceptors (Lipinski definition) is 3. The summed E-state index contributed by atoms with van der Waals surface area (Å²) in [6.45, 7) is 10.4. The summed E-state index contributed by atoms with van der Waals surface area (Å²) in [5.74, 6) is 0.964. The SMILES string of the molecule is C=C(C)C(C)c1cc(/C=C/C(=O)c2ccc(OCC)cc2)ccc1O. The van der Waals surface area contributed by atoms with Gasteiger partial charge in [-0.05, 0) is 61.9 Å². The third kappa shape index (κ3) is 4.83. The average molecular weight is 336 g/mol. The number of carbonyl (C=O) groups excluding carboxylic acids is 1. The van der Waals surface area contributed by atoms with Crippen LogP contribution in [0.25, 0.3) is 6.08 Å². The molecule has 0 fully saturated rings. The summed E-state index contributed by atoms with van der Waals surface area (Å²) in [7, 11) is 0. The van der Waals surface area contributed by atoms with Crippen molar-refractivity contribution in [3.05, 3.63) is 77.4 Å². The molecule has 0 bridgehead atoms. The summed E-state index contributed by atoms with van der Waals surface area (Å²) in [6.07, 6.45) is 3.30. The molecule has 3 nitrogen and oxygen atoms in total. The molecule has 1 atom stereocenters. The minimum Gasteiger partial charge on any atom is -0.508 e. The molecule has 25 heavy (non-hydrogen) atoms. The molecule has 2 aromatic carbocycles. The highest BCUT2D eigenvalue weighted by Gasteiger charge is 2.11. The monoisotopic (exact) mass is 336 g/mol. The van der Waals surface area contributed by atoms with Crippen LogP contribution in [0.4, 0.5) is 0 Å². The van der Waals surface area contributed by atoms with E-state index < -0.39 is 0 Å². The van der Waals surface area contributed by atoms with Gasteiger partial charge in [-0.15, -0.1) is 0 Å². The van der Waals surface area contributed by atoms with Crippen molar-refractivity contribution in [3.8, 4) is 11.5 Å². The van der Waals surface area contributed by atoms with Crippen LogP contribution in [0.15, 0.2) is 60.7 Å². The Morgan fingerprint density at radius 1 is 1.24 bits per heavy atom. The van der Waals surface area contributed by atoms with Crippen LogP contribution in [-0.2, 0) is 0 Å². The van der Waals surface area contributed by atoms with Gasteiger partial charge in [-0.25, -0.2) is 0 Å². The van der Waals surface area contributed by atoms with E-state index in [1.165, 1.54) is 6.08 Å². The fourth-order valence-corrected chi connectivity index (χ4v) is 2.44. The first-order valence-corrected chi connectivity index (χ1v) is 8.36. The second kappa shape index (κ2) is 8.34. The predicted octanol–water partition coefficient (Wildman–Crippen LogP) is 5.37. The average Bonchev–Trinajstić information content (AvgIpc) is 2.61. The van der Waals surface area contributed by atoms with Gasteiger partial charge in [0.05, 0.1) is 6.61 Å². The third-order valence-electron chi connectivity index (χ3n) is 4.13. The number of carbonyl (C=O) groups is 1. The van der Waals surface area contributed by atoms with Crippen LogP contribution in [0.3, 0.4) is 0 Å². The van der Waals surface area contributed by atoms with E-state index in [1.807, 2.05) is 26.8 Å². The summed E-state index contributed by atoms with van der Waals surface area (Å²) in [6, 6.07) is 12.4. The van der Waals surface area contributed by atoms with Gasteiger partial charge in [-0.3, -0.25) is 4.79 Å². The van der Waals surface area contributed by atoms with E-state index in [4.69, 9.17) is 4.74 Å². The Morgan fingerprint density at radius 3 is 2.52 bits per heavy atom. The fraction of sp³-hybridized carbons (Fsp3) is 0.227. The van der Waals surface area contributed by atoms with Gasteiger partial charge < -0.3 is 9.84 Å². The van der Waals surface area contributed by atoms with E-state index in [0.717, 1.165) is 22.4 Å². The molecule has 1 unspecified atom stereocenters. The molecule has 0 spiro atoms. The van der Waals surface area contributed by atoms with E-state index >= 15 is 0 Å². The molecule has 0 aliphatic heterocycles. The zero-order chi connectivity index (χ0) is 18.4. The van der Waals surface area contributed by atoms with Crippen LogP contribution in [0.2, 0.25) is 0 Å². The van der Waals surface area contributed by atoms with Crippen molar-refractivity contribution in [2.75, 3.05) is 6.61 Å². The van der Waals surface area contributed by atoms with E-state index in [1.54, 1.807) is 42.5 Å². The topological polar surface area (TPSA) is 46.5 Å². The minimum atomic E-state index is -0.0781. The molecule has 0 saturated carbocycles. The Hall–Kier alpha value is -2.81. The summed E-state index contributed by atoms with van der Waals surface area (Å²) in [5, 5.41) is 10.0. The Kier molecular flexibility index (Phi) is 6.18. The van der Waals surface area contributed by atoms with Crippen molar-refractivity contribution in [1.82, 2.24) is 0 Å². The fourth-order valence-electron chi connectivity index (χ4n) is 2.44. The highest BCUT2D eigenvalue weighted by atomic mass is 16.5. The Morgan fingerprint density at radius 2 is 1.92 bits per heavy atom. The van der Waals surface area contributed by atoms with Crippen LogP contribution in [0.5, 0.6) is 11.5 Å². The molecule has 0 saturated heterocycles. The zero-order valence-electron chi connectivity index (χ0n) is 15.0. The van der Waals surface area contributed by atoms with Crippen LogP contribution in [0.1, 0.15) is 48.2 Å². The maximum atomic E-state index is 12.3. The van der Waals surface area contributed by atoms with Gasteiger partial charge in [-0.1, -0.05) is 31.2 Å². The minimum absolute atomic E-state index is 0.0511. The zero-order valence-corrected chi connectivity index (χ0v) is 15.0. The van der Waals surface area contributed by atoms with Crippen molar-refractivity contribution >= 4 is 11.9 Å². The van der Waals surface area contributed by atoms with Gasteiger partial charge in [0.25, 0.3) is 0 Å². The number of benzene rings is 2. The highest BCUT2D eigenvalue weighted by molar-refractivity contribution is 6.06. The molecule has 0 aliphatic carbocycles. The first-order chi connectivity index (χ1) is 11.9. The number of aromatic hydroxyl groups is 1. The summed E-state index contributed by atoms with van der Waals surface area (Å²) in [4.78, 5) is 12.3. The van der Waals surface area contributed by atoms with E-state index in [2.05, 4.69) is 6.58 Å². The van der Waals surface area contributed by atoms with Gasteiger partial charge in [0.2, 0.25) is 0 Å². The summed E-state index contributed by atoms with van der Waals surface area (Å²) in [5.41, 5.74) is 3.25. The molecule has 0 aliphatic rings. The maximum absolute atomic E-state index is 12.3. The first kappa shape index (κ1) is 18.5. The molecule has 0 aromatic heterocycles. The molecule has 1 N–H and O–H groups in total. The standard InChI is InChI=1S/C22H24O3/c1-5-25-19-10-8-18(9-11-19)21(23)12-6-17-7-13-22(24)20(14-17)16(4)15(2)3/h6-14,16,24H,2,5H2,1,3-4H3/b12-6+. The second-order valence-corrected chi connectivity index (χ2v) is 6.04. The predicted molar refractivity (Wildman–Crippen MR) is 102 cm³/mol. The largest absolute Gasteiger partial charge is 0.508 e. The number of rotatable bonds is 7. The molecule has 2 rings (SSSR count). The van der Waals surface area contributed by atoms with Gasteiger partial charge in [-0.2, -0.15) is 0 Å². The molecule has 130 valence electrons. The molecule has 0 amide bonds. The van der Waals surface area contributed by atoms with Crippen LogP contribution >= 0.6 is 0 Å². The quantitative estimate of drug-likeness (QED) is 0.420. The number of hydrogen-bond donors (Lipinski definition) is 1. The maximum Gasteiger partial charge on any atom is 0.185 e. The van der Waals surface area contributed by atoms with Crippen molar-refractivity contribution in [2.45, 2.75) is 26.7 Å². The van der Waals surface area contributed by atoms with E-state index in [-0.39, 0.29) is 17.5 Å². The normalized spacial score (nSPS) is 12.1. The van der Waals surface area contributed by atoms with Crippen molar-refractivity contribution in [2.24, 2.45) is 0 Å². The summed E-state index contributed by atoms with van der Waals surface area (Å²) < 4.78 is 5.38. The lowest BCUT2D eigenvalue weighted by Crippen LogP contribution is -1.97. The molecule has 0 radical (unpaired) electrons. The number of allylic oxidation sites excluding steroid dienone is 2. The van der Waals surface area contributed by atoms with Gasteiger partial charge in [0.15, 0.2) is 5.78 Å². The van der Waals surface area contributed by atoms with Crippen LogP contribution in [-0.4, -0.2) is 17.5 Å². The van der Waals surface area contributed by atoms with Crippen molar-refractivity contribution in [1.29, 1.82) is 0 Å². The van der Waals surface area contributed by atoms with Crippen molar-refractivity contribution < 1.29 is 14.6 Å². The second-order valence-electron chi connectivity index (χ2n) is 6.04. The molecule has 3 heteroatoms. The molecule has 2 aromatic rings. The number of phenols is 1. The van der Waals surface area contributed by atoms with E-state index in [9.17, 15) is 9.90 Å². The Balaban J connectivity index is 2.16. The first-order valence-electron chi connectivity index (χ1n) is 8.36. The molecule has 0 heterocycles. The van der Waals surface area contributed by atoms with E-state index in [0.29, 0.717) is 12.2 Å². The lowest BCUT2D eigenvalue weighted by molar-refractivity contribution is 0.104. The number of ketones is 1. The van der Waals surface area contributed by atoms with Gasteiger partial charge in [0.1, 0.15) is 11.5 Å². The Bertz CT molecular complexity index is 785. The third-order valence-corrected chi connectivity index (χ3v) is 4.13. The highest BCUT2D eigenvalue weighted by Crippen LogP contribution is 2.31.